The largest absolute Gasteiger partial charge is 0.506 e. The number of nitrogens with zero attached hydrogens (tertiary/aromatic N) is 2. The summed E-state index contributed by atoms with van der Waals surface area (Å²) in [6.45, 7) is 4.26. The summed E-state index contributed by atoms with van der Waals surface area (Å²) in [5.41, 5.74) is 13.6. The number of aromatic hydroxyl groups is 1. The number of H-pyrrole nitrogens is 1. The van der Waals surface area contributed by atoms with Gasteiger partial charge in [0.15, 0.2) is 0 Å². The maximum Gasteiger partial charge on any atom is 0.344 e. The minimum atomic E-state index is -0.610. The van der Waals surface area contributed by atoms with E-state index in [0.29, 0.717) is 50.4 Å². The Morgan fingerprint density at radius 1 is 0.796 bits per heavy atom. The second kappa shape index (κ2) is 12.8. The van der Waals surface area contributed by atoms with Crippen LogP contribution in [0.15, 0.2) is 129 Å². The van der Waals surface area contributed by atoms with E-state index in [1.807, 2.05) is 54.6 Å². The molecule has 0 unspecified atom stereocenters. The molecule has 2 aliphatic rings. The average molecular weight is 730 g/mol. The van der Waals surface area contributed by atoms with Crippen molar-refractivity contribution in [1.82, 2.24) is 20.3 Å². The molecule has 0 aliphatic carbocycles. The maximum absolute atomic E-state index is 13.6. The number of benzene rings is 5. The summed E-state index contributed by atoms with van der Waals surface area (Å²) in [6.07, 6.45) is 3.40. The highest BCUT2D eigenvalue weighted by molar-refractivity contribution is 6.32. The molecule has 10 nitrogen and oxygen atoms in total. The first-order chi connectivity index (χ1) is 26.2. The van der Waals surface area contributed by atoms with E-state index in [2.05, 4.69) is 21.9 Å². The van der Waals surface area contributed by atoms with Crippen molar-refractivity contribution in [2.24, 2.45) is 0 Å². The molecular weight excluding hydrogens is 702 g/mol. The highest BCUT2D eigenvalue weighted by Gasteiger charge is 2.22. The normalized spacial score (nSPS) is 11.5. The predicted molar refractivity (Wildman–Crippen MR) is 211 cm³/mol. The molecule has 0 atom stereocenters. The molecule has 11 heteroatoms. The SMILES string of the molecule is C=c1ccc2c3c4ccc(C(=O)NCc5ccc(-c6nc(-c7ccc(Cl)c(O)c7)c(-c7ccncc7)[nH]6)cc5)cc4c(=O)oc4cc(N)cc(oc2c1)c4-3. The Bertz CT molecular complexity index is 3040. The lowest BCUT2D eigenvalue weighted by atomic mass is 9.94. The summed E-state index contributed by atoms with van der Waals surface area (Å²) in [5, 5.41) is 15.9. The number of nitrogens with two attached hydrogens (primary N) is 1. The van der Waals surface area contributed by atoms with E-state index >= 15 is 0 Å². The van der Waals surface area contributed by atoms with Gasteiger partial charge >= 0.3 is 5.63 Å². The summed E-state index contributed by atoms with van der Waals surface area (Å²) < 4.78 is 12.0. The van der Waals surface area contributed by atoms with E-state index in [1.54, 1.807) is 60.9 Å². The summed E-state index contributed by atoms with van der Waals surface area (Å²) >= 11 is 6.08. The molecule has 9 rings (SSSR count). The number of phenols is 1. The van der Waals surface area contributed by atoms with Crippen LogP contribution < -0.4 is 21.9 Å². The first-order valence-corrected chi connectivity index (χ1v) is 17.3. The van der Waals surface area contributed by atoms with E-state index in [-0.39, 0.29) is 34.2 Å². The number of halogens is 1. The van der Waals surface area contributed by atoms with Crippen LogP contribution in [0.2, 0.25) is 5.02 Å². The number of carbonyl (C=O) groups is 1. The van der Waals surface area contributed by atoms with Crippen LogP contribution in [0.3, 0.4) is 0 Å². The molecule has 4 heterocycles. The number of anilines is 1. The molecule has 0 bridgehead atoms. The summed E-state index contributed by atoms with van der Waals surface area (Å²) in [7, 11) is 0. The van der Waals surface area contributed by atoms with E-state index < -0.39 is 5.63 Å². The number of pyridine rings is 1. The van der Waals surface area contributed by atoms with Gasteiger partial charge in [-0.15, -0.1) is 0 Å². The van der Waals surface area contributed by atoms with Crippen molar-refractivity contribution in [1.29, 1.82) is 0 Å². The van der Waals surface area contributed by atoms with Crippen LogP contribution in [0.4, 0.5) is 5.69 Å². The van der Waals surface area contributed by atoms with Crippen LogP contribution in [0, 0.1) is 0 Å². The number of hydrogen-bond acceptors (Lipinski definition) is 8. The Kier molecular flexibility index (Phi) is 7.76. The van der Waals surface area contributed by atoms with Gasteiger partial charge in [0.25, 0.3) is 5.91 Å². The van der Waals surface area contributed by atoms with Crippen molar-refractivity contribution >= 4 is 62.7 Å². The zero-order chi connectivity index (χ0) is 37.1. The Labute approximate surface area is 311 Å². The monoisotopic (exact) mass is 729 g/mol. The molecule has 54 heavy (non-hydrogen) atoms. The van der Waals surface area contributed by atoms with Gasteiger partial charge in [-0.2, -0.15) is 0 Å². The molecule has 5 N–H and O–H groups in total. The van der Waals surface area contributed by atoms with Crippen molar-refractivity contribution in [3.63, 3.8) is 0 Å². The second-order valence-corrected chi connectivity index (χ2v) is 13.3. The van der Waals surface area contributed by atoms with Crippen LogP contribution in [0.25, 0.3) is 84.5 Å². The number of hydrogen-bond donors (Lipinski definition) is 4. The molecule has 0 radical (unpaired) electrons. The fourth-order valence-corrected chi connectivity index (χ4v) is 6.92. The van der Waals surface area contributed by atoms with Gasteiger partial charge in [0.05, 0.1) is 27.4 Å². The first-order valence-electron chi connectivity index (χ1n) is 16.9. The number of amides is 1. The van der Waals surface area contributed by atoms with Gasteiger partial charge in [0, 0.05) is 70.0 Å². The predicted octanol–water partition coefficient (Wildman–Crippen LogP) is 8.48. The quantitative estimate of drug-likeness (QED) is 0.0979. The summed E-state index contributed by atoms with van der Waals surface area (Å²) in [6, 6.07) is 30.3. The Morgan fingerprint density at radius 2 is 1.54 bits per heavy atom. The fraction of sp³-hybridized carbons (Fsp3) is 0.0233. The number of rotatable bonds is 6. The van der Waals surface area contributed by atoms with Crippen molar-refractivity contribution < 1.29 is 18.7 Å². The Hall–Kier alpha value is -7.17. The van der Waals surface area contributed by atoms with Crippen molar-refractivity contribution in [3.05, 3.63) is 147 Å². The molecule has 7 aromatic rings. The van der Waals surface area contributed by atoms with Crippen molar-refractivity contribution in [2.75, 3.05) is 5.73 Å². The van der Waals surface area contributed by atoms with Crippen molar-refractivity contribution in [2.45, 2.75) is 6.54 Å². The highest BCUT2D eigenvalue weighted by atomic mass is 35.5. The lowest BCUT2D eigenvalue weighted by Crippen LogP contribution is -2.22. The zero-order valence-electron chi connectivity index (χ0n) is 28.3. The zero-order valence-corrected chi connectivity index (χ0v) is 29.1. The third kappa shape index (κ3) is 5.71. The number of aromatic nitrogens is 3. The van der Waals surface area contributed by atoms with Gasteiger partial charge in [-0.05, 0) is 58.6 Å². The number of aromatic amines is 1. The maximum atomic E-state index is 13.6. The van der Waals surface area contributed by atoms with Crippen LogP contribution in [0.5, 0.6) is 5.75 Å². The molecule has 0 saturated heterocycles. The standard InChI is InChI=1S/C43H28ClN5O5/c1-22-2-9-30-34(16-22)53-35-19-28(45)20-36-38(35)37(30)29-10-7-27(17-31(29)43(52)54-36)42(51)47-21-23-3-5-25(6-4-23)41-48-39(24-12-14-46-15-13-24)40(49-41)26-8-11-32(44)33(50)18-26/h2-20,50H,1,21,45H2,(H,47,51)(H,48,49). The topological polar surface area (TPSA) is 160 Å². The number of nitrogens with one attached hydrogen (secondary N) is 2. The molecule has 2 aliphatic heterocycles. The van der Waals surface area contributed by atoms with Gasteiger partial charge in [-0.3, -0.25) is 9.78 Å². The van der Waals surface area contributed by atoms with Crippen molar-refractivity contribution in [3.8, 4) is 50.8 Å². The third-order valence-electron chi connectivity index (χ3n) is 9.42. The minimum Gasteiger partial charge on any atom is -0.506 e. The number of nitrogen functional groups attached to an aromatic ring is 1. The highest BCUT2D eigenvalue weighted by Crippen LogP contribution is 2.42. The first kappa shape index (κ1) is 32.7. The fourth-order valence-electron chi connectivity index (χ4n) is 6.81. The van der Waals surface area contributed by atoms with Crippen LogP contribution >= 0.6 is 11.6 Å². The summed E-state index contributed by atoms with van der Waals surface area (Å²) in [5.74, 6) is 0.222. The second-order valence-electron chi connectivity index (χ2n) is 12.9. The average Bonchev–Trinajstić information content (AvgIpc) is 3.58. The lowest BCUT2D eigenvalue weighted by Gasteiger charge is -2.13. The lowest BCUT2D eigenvalue weighted by molar-refractivity contribution is 0.0951. The number of carbonyl (C=O) groups excluding carboxylic acids is 1. The van der Waals surface area contributed by atoms with Gasteiger partial charge < -0.3 is 30.0 Å². The summed E-state index contributed by atoms with van der Waals surface area (Å²) in [4.78, 5) is 39.5. The molecule has 1 amide bonds. The molecule has 262 valence electrons. The molecule has 2 aromatic heterocycles. The smallest absolute Gasteiger partial charge is 0.344 e. The number of imidazole rings is 1. The molecule has 0 fully saturated rings. The van der Waals surface area contributed by atoms with Gasteiger partial charge in [0.2, 0.25) is 0 Å². The van der Waals surface area contributed by atoms with Crippen LogP contribution in [-0.4, -0.2) is 26.0 Å². The van der Waals surface area contributed by atoms with E-state index in [0.717, 1.165) is 38.6 Å². The van der Waals surface area contributed by atoms with E-state index in [4.69, 9.17) is 31.2 Å². The molecule has 0 saturated carbocycles. The molecular formula is C43H28ClN5O5. The van der Waals surface area contributed by atoms with Gasteiger partial charge in [0.1, 0.15) is 28.3 Å². The van der Waals surface area contributed by atoms with E-state index in [1.165, 1.54) is 0 Å². The molecule has 5 aromatic carbocycles. The Balaban J connectivity index is 1.01. The van der Waals surface area contributed by atoms with Crippen LogP contribution in [0.1, 0.15) is 15.9 Å². The molecule has 0 spiro atoms. The van der Waals surface area contributed by atoms with Gasteiger partial charge in [-0.25, -0.2) is 9.78 Å². The van der Waals surface area contributed by atoms with E-state index in [9.17, 15) is 14.7 Å². The minimum absolute atomic E-state index is 0.0385. The Morgan fingerprint density at radius 3 is 2.31 bits per heavy atom. The number of phenolic OH excluding ortho intramolecular Hbond substituents is 1. The third-order valence-corrected chi connectivity index (χ3v) is 9.74. The van der Waals surface area contributed by atoms with Gasteiger partial charge in [-0.1, -0.05) is 66.7 Å². The number of fused-ring (bicyclic) bond motifs is 4. The van der Waals surface area contributed by atoms with Crippen LogP contribution in [-0.2, 0) is 6.54 Å².